The Kier molecular flexibility index (Phi) is 8.22. The second-order valence-corrected chi connectivity index (χ2v) is 12.8. The summed E-state index contributed by atoms with van der Waals surface area (Å²) >= 11 is 0. The predicted molar refractivity (Wildman–Crippen MR) is 178 cm³/mol. The molecule has 0 aromatic heterocycles. The third kappa shape index (κ3) is 6.88. The van der Waals surface area contributed by atoms with E-state index in [-0.39, 0.29) is 31.1 Å². The Balaban J connectivity index is 0.000000140. The number of hydrogen-bond acceptors (Lipinski definition) is 8. The molecule has 48 heavy (non-hydrogen) atoms. The van der Waals surface area contributed by atoms with E-state index < -0.39 is 0 Å². The smallest absolute Gasteiger partial charge is 0.231 e. The molecule has 2 saturated carbocycles. The van der Waals surface area contributed by atoms with Crippen LogP contribution in [0, 0.1) is 0 Å². The molecule has 0 spiro atoms. The molecule has 1 atom stereocenters. The van der Waals surface area contributed by atoms with E-state index in [4.69, 9.17) is 28.4 Å². The summed E-state index contributed by atoms with van der Waals surface area (Å²) in [7, 11) is 0. The number of rotatable bonds is 9. The molecule has 4 aromatic rings. The fourth-order valence-corrected chi connectivity index (χ4v) is 6.20. The molecule has 244 valence electrons. The van der Waals surface area contributed by atoms with Crippen LogP contribution in [0.25, 0.3) is 6.08 Å². The standard InChI is InChI=1S/2C20H18O4/c21-13-7-12-8-19-20(23-11-22-19)10-16(12)17(9-13)15-3-1-2-4-18(15)24-14-5-6-14;21-16(11-14-5-10-19-20(12-14)23-13-22-19)7-6-15-3-1-2-4-18(15)24-17-8-9-17/h1-4,8,10,14,17H,5-7,9,11H2;1-7,10,12,17H,8-9,11,13H2/b;7-6+. The maximum absolute atomic E-state index is 12.3. The summed E-state index contributed by atoms with van der Waals surface area (Å²) < 4.78 is 33.6. The van der Waals surface area contributed by atoms with Crippen molar-refractivity contribution in [1.29, 1.82) is 0 Å². The van der Waals surface area contributed by atoms with E-state index in [0.29, 0.717) is 37.2 Å². The second-order valence-electron chi connectivity index (χ2n) is 12.8. The van der Waals surface area contributed by atoms with Gasteiger partial charge < -0.3 is 28.4 Å². The molecule has 0 bridgehead atoms. The highest BCUT2D eigenvalue weighted by Crippen LogP contribution is 2.45. The Hall–Kier alpha value is -5.24. The van der Waals surface area contributed by atoms with Gasteiger partial charge in [-0.1, -0.05) is 42.5 Å². The number of carbonyl (C=O) groups is 2. The quantitative estimate of drug-likeness (QED) is 0.174. The summed E-state index contributed by atoms with van der Waals surface area (Å²) in [5, 5.41) is 0. The molecule has 2 aliphatic heterocycles. The molecule has 0 saturated heterocycles. The van der Waals surface area contributed by atoms with Gasteiger partial charge in [0.25, 0.3) is 0 Å². The molecule has 0 amide bonds. The van der Waals surface area contributed by atoms with Crippen LogP contribution in [0.15, 0.2) is 84.9 Å². The van der Waals surface area contributed by atoms with Crippen molar-refractivity contribution in [3.8, 4) is 34.5 Å². The molecule has 5 aliphatic rings. The lowest BCUT2D eigenvalue weighted by molar-refractivity contribution is -0.119. The molecule has 8 heteroatoms. The molecular weight excluding hydrogens is 608 g/mol. The first kappa shape index (κ1) is 30.1. The third-order valence-corrected chi connectivity index (χ3v) is 8.94. The predicted octanol–water partition coefficient (Wildman–Crippen LogP) is 7.39. The van der Waals surface area contributed by atoms with Crippen molar-refractivity contribution >= 4 is 17.6 Å². The lowest BCUT2D eigenvalue weighted by Crippen LogP contribution is -2.20. The summed E-state index contributed by atoms with van der Waals surface area (Å²) in [6, 6.07) is 25.5. The van der Waals surface area contributed by atoms with Crippen LogP contribution in [0.5, 0.6) is 34.5 Å². The molecule has 0 radical (unpaired) electrons. The number of fused-ring (bicyclic) bond motifs is 3. The number of allylic oxidation sites excluding steroid dienone is 1. The molecule has 8 nitrogen and oxygen atoms in total. The number of hydrogen-bond donors (Lipinski definition) is 0. The van der Waals surface area contributed by atoms with Crippen molar-refractivity contribution in [1.82, 2.24) is 0 Å². The zero-order chi connectivity index (χ0) is 32.5. The highest BCUT2D eigenvalue weighted by Gasteiger charge is 2.33. The van der Waals surface area contributed by atoms with Gasteiger partial charge in [-0.15, -0.1) is 0 Å². The van der Waals surface area contributed by atoms with Gasteiger partial charge in [0.1, 0.15) is 17.3 Å². The Morgan fingerprint density at radius 2 is 1.35 bits per heavy atom. The zero-order valence-electron chi connectivity index (χ0n) is 26.5. The van der Waals surface area contributed by atoms with Crippen molar-refractivity contribution in [2.24, 2.45) is 0 Å². The SMILES string of the molecule is O=C(/C=C/c1ccccc1OC1CC1)Cc1ccc2c(c1)OCO2.O=C1Cc2cc3c(cc2C(c2ccccc2OC2CC2)C1)OCO3. The first-order chi connectivity index (χ1) is 23.6. The van der Waals surface area contributed by atoms with E-state index in [1.165, 1.54) is 0 Å². The van der Waals surface area contributed by atoms with Gasteiger partial charge in [0.2, 0.25) is 13.6 Å². The Bertz CT molecular complexity index is 1890. The first-order valence-corrected chi connectivity index (χ1v) is 16.6. The average Bonchev–Trinajstić information content (AvgIpc) is 4.00. The average molecular weight is 645 g/mol. The molecule has 2 heterocycles. The zero-order valence-corrected chi connectivity index (χ0v) is 26.5. The van der Waals surface area contributed by atoms with Crippen LogP contribution in [0.3, 0.4) is 0 Å². The van der Waals surface area contributed by atoms with Crippen molar-refractivity contribution in [2.45, 2.75) is 63.1 Å². The molecule has 4 aromatic carbocycles. The summed E-state index contributed by atoms with van der Waals surface area (Å²) in [6.45, 7) is 0.489. The third-order valence-electron chi connectivity index (χ3n) is 8.94. The van der Waals surface area contributed by atoms with Gasteiger partial charge >= 0.3 is 0 Å². The number of para-hydroxylation sites is 2. The number of Topliss-reactive ketones (excluding diaryl/α,β-unsaturated/α-hetero) is 1. The minimum Gasteiger partial charge on any atom is -0.490 e. The number of carbonyl (C=O) groups excluding carboxylic acids is 2. The van der Waals surface area contributed by atoms with Crippen molar-refractivity contribution in [2.75, 3.05) is 13.6 Å². The van der Waals surface area contributed by atoms with Gasteiger partial charge in [0.05, 0.1) is 12.2 Å². The highest BCUT2D eigenvalue weighted by atomic mass is 16.7. The van der Waals surface area contributed by atoms with Gasteiger partial charge in [-0.05, 0) is 90.9 Å². The Morgan fingerprint density at radius 3 is 2.12 bits per heavy atom. The summed E-state index contributed by atoms with van der Waals surface area (Å²) in [5.41, 5.74) is 5.14. The molecule has 9 rings (SSSR count). The molecule has 2 fully saturated rings. The van der Waals surface area contributed by atoms with Crippen LogP contribution in [-0.4, -0.2) is 37.4 Å². The Labute approximate surface area is 279 Å². The van der Waals surface area contributed by atoms with E-state index >= 15 is 0 Å². The van der Waals surface area contributed by atoms with Crippen molar-refractivity contribution in [3.63, 3.8) is 0 Å². The molecular formula is C40H36O8. The number of benzene rings is 4. The Morgan fingerprint density at radius 1 is 0.708 bits per heavy atom. The van der Waals surface area contributed by atoms with Gasteiger partial charge in [-0.25, -0.2) is 0 Å². The topological polar surface area (TPSA) is 89.5 Å². The van der Waals surface area contributed by atoms with Gasteiger partial charge in [-0.2, -0.15) is 0 Å². The largest absolute Gasteiger partial charge is 0.490 e. The fraction of sp³-hybridized carbons (Fsp3) is 0.300. The lowest BCUT2D eigenvalue weighted by atomic mass is 9.78. The van der Waals surface area contributed by atoms with Crippen LogP contribution in [0.1, 0.15) is 65.8 Å². The van der Waals surface area contributed by atoms with Crippen LogP contribution in [-0.2, 0) is 22.4 Å². The van der Waals surface area contributed by atoms with E-state index in [1.54, 1.807) is 6.08 Å². The normalized spacial score (nSPS) is 18.6. The summed E-state index contributed by atoms with van der Waals surface area (Å²) in [4.78, 5) is 24.6. The molecule has 1 unspecified atom stereocenters. The number of ketones is 2. The minimum absolute atomic E-state index is 0.0192. The lowest BCUT2D eigenvalue weighted by Gasteiger charge is -2.27. The van der Waals surface area contributed by atoms with Crippen LogP contribution >= 0.6 is 0 Å². The van der Waals surface area contributed by atoms with Crippen LogP contribution in [0.4, 0.5) is 0 Å². The first-order valence-electron chi connectivity index (χ1n) is 16.6. The van der Waals surface area contributed by atoms with Crippen molar-refractivity contribution in [3.05, 3.63) is 113 Å². The van der Waals surface area contributed by atoms with Gasteiger partial charge in [-0.3, -0.25) is 9.59 Å². The maximum atomic E-state index is 12.3. The monoisotopic (exact) mass is 644 g/mol. The van der Waals surface area contributed by atoms with E-state index in [0.717, 1.165) is 82.2 Å². The van der Waals surface area contributed by atoms with Crippen molar-refractivity contribution < 1.29 is 38.0 Å². The van der Waals surface area contributed by atoms with Crippen LogP contribution < -0.4 is 28.4 Å². The summed E-state index contributed by atoms with van der Waals surface area (Å²) in [6.07, 6.45) is 9.88. The second kappa shape index (κ2) is 13.1. The minimum atomic E-state index is 0.0192. The van der Waals surface area contributed by atoms with E-state index in [2.05, 4.69) is 6.07 Å². The van der Waals surface area contributed by atoms with Crippen LogP contribution in [0.2, 0.25) is 0 Å². The molecule has 0 N–H and O–H groups in total. The van der Waals surface area contributed by atoms with Gasteiger partial charge in [0.15, 0.2) is 28.8 Å². The number of ether oxygens (including phenoxy) is 6. The van der Waals surface area contributed by atoms with E-state index in [9.17, 15) is 9.59 Å². The maximum Gasteiger partial charge on any atom is 0.231 e. The van der Waals surface area contributed by atoms with E-state index in [1.807, 2.05) is 78.9 Å². The molecule has 3 aliphatic carbocycles. The highest BCUT2D eigenvalue weighted by molar-refractivity contribution is 5.95. The summed E-state index contributed by atoms with van der Waals surface area (Å²) in [5.74, 6) is 5.00. The fourth-order valence-electron chi connectivity index (χ4n) is 6.20. The van der Waals surface area contributed by atoms with Gasteiger partial charge in [0, 0.05) is 36.3 Å².